The van der Waals surface area contributed by atoms with Gasteiger partial charge in [0, 0.05) is 24.7 Å². The first-order valence-corrected chi connectivity index (χ1v) is 11.3. The molecule has 2 aromatic carbocycles. The van der Waals surface area contributed by atoms with Crippen LogP contribution in [0.2, 0.25) is 0 Å². The Hall–Kier alpha value is -3.82. The van der Waals surface area contributed by atoms with E-state index in [1.807, 2.05) is 53.2 Å². The van der Waals surface area contributed by atoms with Gasteiger partial charge in [-0.15, -0.1) is 0 Å². The summed E-state index contributed by atoms with van der Waals surface area (Å²) in [6.07, 6.45) is 3.61. The largest absolute Gasteiger partial charge is 0.497 e. The first-order valence-electron chi connectivity index (χ1n) is 10.4. The van der Waals surface area contributed by atoms with E-state index < -0.39 is 5.97 Å². The molecule has 4 rings (SSSR count). The zero-order valence-corrected chi connectivity index (χ0v) is 19.5. The Morgan fingerprint density at radius 1 is 1.12 bits per heavy atom. The van der Waals surface area contributed by atoms with Crippen molar-refractivity contribution in [1.29, 1.82) is 0 Å². The molecule has 0 unspecified atom stereocenters. The first kappa shape index (κ1) is 23.3. The number of carbonyl (C=O) groups excluding carboxylic acids is 1. The minimum atomic E-state index is -0.997. The molecule has 0 saturated carbocycles. The summed E-state index contributed by atoms with van der Waals surface area (Å²) in [4.78, 5) is 31.4. The lowest BCUT2D eigenvalue weighted by atomic mass is 10.2. The Labute approximate surface area is 201 Å². The van der Waals surface area contributed by atoms with Crippen LogP contribution >= 0.6 is 11.8 Å². The van der Waals surface area contributed by atoms with E-state index in [1.165, 1.54) is 11.8 Å². The van der Waals surface area contributed by atoms with Crippen molar-refractivity contribution in [2.75, 3.05) is 27.4 Å². The van der Waals surface area contributed by atoms with Crippen LogP contribution in [-0.2, 0) is 9.53 Å². The number of carboxylic acids is 1. The molecule has 3 aromatic rings. The number of ether oxygens (including phenoxy) is 2. The molecule has 0 aliphatic carbocycles. The topological polar surface area (TPSA) is 93.4 Å². The molecule has 9 heteroatoms. The highest BCUT2D eigenvalue weighted by molar-refractivity contribution is 8.18. The molecule has 174 valence electrons. The summed E-state index contributed by atoms with van der Waals surface area (Å²) in [7, 11) is 3.19. The van der Waals surface area contributed by atoms with Gasteiger partial charge in [-0.25, -0.2) is 9.79 Å². The van der Waals surface area contributed by atoms with E-state index in [-0.39, 0.29) is 11.5 Å². The van der Waals surface area contributed by atoms with Crippen LogP contribution in [0, 0.1) is 0 Å². The van der Waals surface area contributed by atoms with Gasteiger partial charge in [-0.3, -0.25) is 9.69 Å². The van der Waals surface area contributed by atoms with Gasteiger partial charge in [0.15, 0.2) is 5.17 Å². The number of nitrogens with zero attached hydrogens (tertiary/aromatic N) is 3. The summed E-state index contributed by atoms with van der Waals surface area (Å²) in [5.41, 5.74) is 2.33. The number of amidine groups is 1. The first-order chi connectivity index (χ1) is 16.5. The van der Waals surface area contributed by atoms with Crippen LogP contribution in [0.15, 0.2) is 76.8 Å². The fraction of sp³-hybridized carbons (Fsp3) is 0.160. The molecule has 1 fully saturated rings. The summed E-state index contributed by atoms with van der Waals surface area (Å²) in [6, 6.07) is 17.6. The van der Waals surface area contributed by atoms with Crippen LogP contribution in [0.3, 0.4) is 0 Å². The third-order valence-electron chi connectivity index (χ3n) is 5.13. The van der Waals surface area contributed by atoms with Crippen LogP contribution in [0.5, 0.6) is 5.75 Å². The predicted octanol–water partition coefficient (Wildman–Crippen LogP) is 4.43. The van der Waals surface area contributed by atoms with Gasteiger partial charge < -0.3 is 19.1 Å². The monoisotopic (exact) mass is 477 g/mol. The third kappa shape index (κ3) is 5.05. The van der Waals surface area contributed by atoms with E-state index in [0.29, 0.717) is 34.6 Å². The third-order valence-corrected chi connectivity index (χ3v) is 6.14. The maximum atomic E-state index is 13.2. The van der Waals surface area contributed by atoms with Crippen molar-refractivity contribution < 1.29 is 24.2 Å². The average Bonchev–Trinajstić information content (AvgIpc) is 3.43. The standard InChI is InChI=1S/C25H23N3O5S/c1-32-14-13-28-23(29)22(34-25(28)26-18-8-10-21(33-2)11-9-18)16-20-7-4-12-27(20)19-6-3-5-17(15-19)24(30)31/h3-12,15-16H,13-14H2,1-2H3,(H,30,31)/b22-16-,26-25?. The van der Waals surface area contributed by atoms with E-state index in [1.54, 1.807) is 43.4 Å². The van der Waals surface area contributed by atoms with E-state index in [2.05, 4.69) is 4.99 Å². The number of aromatic nitrogens is 1. The van der Waals surface area contributed by atoms with Gasteiger partial charge in [0.25, 0.3) is 5.91 Å². The van der Waals surface area contributed by atoms with Gasteiger partial charge in [0.2, 0.25) is 0 Å². The second-order valence-electron chi connectivity index (χ2n) is 7.31. The molecule has 0 spiro atoms. The van der Waals surface area contributed by atoms with Crippen LogP contribution in [0.4, 0.5) is 5.69 Å². The number of amides is 1. The van der Waals surface area contributed by atoms with Gasteiger partial charge in [0.1, 0.15) is 5.75 Å². The van der Waals surface area contributed by atoms with E-state index in [4.69, 9.17) is 9.47 Å². The normalized spacial score (nSPS) is 15.9. The van der Waals surface area contributed by atoms with Crippen molar-refractivity contribution in [2.24, 2.45) is 4.99 Å². The number of aromatic carboxylic acids is 1. The maximum absolute atomic E-state index is 13.2. The highest BCUT2D eigenvalue weighted by Gasteiger charge is 2.33. The van der Waals surface area contributed by atoms with Gasteiger partial charge in [0.05, 0.1) is 36.4 Å². The Balaban J connectivity index is 1.67. The molecule has 0 atom stereocenters. The fourth-order valence-corrected chi connectivity index (χ4v) is 4.42. The summed E-state index contributed by atoms with van der Waals surface area (Å²) in [6.45, 7) is 0.746. The van der Waals surface area contributed by atoms with Crippen LogP contribution in [-0.4, -0.2) is 59.0 Å². The van der Waals surface area contributed by atoms with Crippen molar-refractivity contribution in [3.63, 3.8) is 0 Å². The molecule has 1 aromatic heterocycles. The van der Waals surface area contributed by atoms with E-state index in [9.17, 15) is 14.7 Å². The second-order valence-corrected chi connectivity index (χ2v) is 8.32. The zero-order chi connectivity index (χ0) is 24.1. The number of thioether (sulfide) groups is 1. The molecule has 8 nitrogen and oxygen atoms in total. The second kappa shape index (κ2) is 10.4. The highest BCUT2D eigenvalue weighted by atomic mass is 32.2. The summed E-state index contributed by atoms with van der Waals surface area (Å²) < 4.78 is 12.2. The molecular weight excluding hydrogens is 454 g/mol. The summed E-state index contributed by atoms with van der Waals surface area (Å²) >= 11 is 1.29. The number of benzene rings is 2. The van der Waals surface area contributed by atoms with Gasteiger partial charge in [-0.1, -0.05) is 6.07 Å². The number of aliphatic imine (C=N–C) groups is 1. The highest BCUT2D eigenvalue weighted by Crippen LogP contribution is 2.34. The molecule has 1 N–H and O–H groups in total. The molecule has 1 amide bonds. The summed E-state index contributed by atoms with van der Waals surface area (Å²) in [5.74, 6) is -0.436. The zero-order valence-electron chi connectivity index (χ0n) is 18.7. The molecule has 1 aliphatic heterocycles. The molecule has 0 bridgehead atoms. The van der Waals surface area contributed by atoms with Gasteiger partial charge >= 0.3 is 5.97 Å². The quantitative estimate of drug-likeness (QED) is 0.483. The van der Waals surface area contributed by atoms with Crippen LogP contribution in [0.25, 0.3) is 11.8 Å². The molecule has 1 aliphatic rings. The van der Waals surface area contributed by atoms with Crippen molar-refractivity contribution in [3.8, 4) is 11.4 Å². The van der Waals surface area contributed by atoms with Gasteiger partial charge in [-0.05, 0) is 72.4 Å². The lowest BCUT2D eigenvalue weighted by Crippen LogP contribution is -2.32. The average molecular weight is 478 g/mol. The minimum Gasteiger partial charge on any atom is -0.497 e. The smallest absolute Gasteiger partial charge is 0.335 e. The fourth-order valence-electron chi connectivity index (χ4n) is 3.41. The number of hydrogen-bond donors (Lipinski definition) is 1. The van der Waals surface area contributed by atoms with E-state index in [0.717, 1.165) is 11.4 Å². The molecule has 2 heterocycles. The van der Waals surface area contributed by atoms with Crippen LogP contribution in [0.1, 0.15) is 16.1 Å². The Bertz CT molecular complexity index is 1260. The molecule has 1 saturated heterocycles. The molecular formula is C25H23N3O5S. The summed E-state index contributed by atoms with van der Waals surface area (Å²) in [5, 5.41) is 9.87. The Morgan fingerprint density at radius 2 is 1.91 bits per heavy atom. The molecule has 0 radical (unpaired) electrons. The van der Waals surface area contributed by atoms with Crippen molar-refractivity contribution in [1.82, 2.24) is 9.47 Å². The Morgan fingerprint density at radius 3 is 2.62 bits per heavy atom. The van der Waals surface area contributed by atoms with Crippen molar-refractivity contribution in [2.45, 2.75) is 0 Å². The number of carboxylic acid groups (broad SMARTS) is 1. The lowest BCUT2D eigenvalue weighted by molar-refractivity contribution is -0.122. The predicted molar refractivity (Wildman–Crippen MR) is 132 cm³/mol. The van der Waals surface area contributed by atoms with Crippen molar-refractivity contribution >= 4 is 40.6 Å². The minimum absolute atomic E-state index is 0.165. The van der Waals surface area contributed by atoms with Crippen LogP contribution < -0.4 is 4.74 Å². The SMILES string of the molecule is COCCN1C(=O)/C(=C/c2cccn2-c2cccc(C(=O)O)c2)SC1=Nc1ccc(OC)cc1. The maximum Gasteiger partial charge on any atom is 0.335 e. The number of rotatable bonds is 8. The number of carbonyl (C=O) groups is 2. The van der Waals surface area contributed by atoms with Crippen molar-refractivity contribution in [3.05, 3.63) is 83.0 Å². The Kier molecular flexibility index (Phi) is 7.15. The molecule has 34 heavy (non-hydrogen) atoms. The number of methoxy groups -OCH3 is 2. The van der Waals surface area contributed by atoms with E-state index >= 15 is 0 Å². The lowest BCUT2D eigenvalue weighted by Gasteiger charge is -2.14. The number of hydrogen-bond acceptors (Lipinski definition) is 6. The van der Waals surface area contributed by atoms with Gasteiger partial charge in [-0.2, -0.15) is 0 Å².